The summed E-state index contributed by atoms with van der Waals surface area (Å²) in [6.45, 7) is 6.43. The zero-order valence-corrected chi connectivity index (χ0v) is 34.1. The number of carbonyl (C=O) groups excluding carboxylic acids is 3. The SMILES string of the molecule is CC/C=C\C/C=C\C/C=C\CCCCCC(=O)OCC(COC(=O)CCCCCCCCCCC)OC(=O)CCCCCCC/C=C\CCCCC. The standard InChI is InChI=1S/C46H80O6/c1-4-7-10-13-16-19-21-23-25-27-30-33-36-39-45(48)51-42-43(41-50-44(47)38-35-32-29-26-18-15-12-9-6-3)52-46(49)40-37-34-31-28-24-22-20-17-14-11-8-5-2/h7,10,16-17,19-20,23,25,43H,4-6,8-9,11-15,18,21-22,24,26-42H2,1-3H3/b10-7-,19-16-,20-17-,25-23-. The summed E-state index contributed by atoms with van der Waals surface area (Å²) < 4.78 is 16.6. The van der Waals surface area contributed by atoms with Gasteiger partial charge >= 0.3 is 17.9 Å². The van der Waals surface area contributed by atoms with Crippen LogP contribution in [0.25, 0.3) is 0 Å². The summed E-state index contributed by atoms with van der Waals surface area (Å²) in [6, 6.07) is 0. The average Bonchev–Trinajstić information content (AvgIpc) is 3.14. The zero-order valence-electron chi connectivity index (χ0n) is 34.1. The van der Waals surface area contributed by atoms with Crippen LogP contribution >= 0.6 is 0 Å². The van der Waals surface area contributed by atoms with E-state index in [2.05, 4.69) is 69.4 Å². The molecule has 0 saturated carbocycles. The maximum atomic E-state index is 12.7. The van der Waals surface area contributed by atoms with E-state index in [9.17, 15) is 14.4 Å². The van der Waals surface area contributed by atoms with Crippen LogP contribution in [0.5, 0.6) is 0 Å². The van der Waals surface area contributed by atoms with E-state index >= 15 is 0 Å². The maximum absolute atomic E-state index is 12.7. The van der Waals surface area contributed by atoms with Gasteiger partial charge in [-0.25, -0.2) is 0 Å². The van der Waals surface area contributed by atoms with Gasteiger partial charge in [0.1, 0.15) is 13.2 Å². The molecule has 0 N–H and O–H groups in total. The summed E-state index contributed by atoms with van der Waals surface area (Å²) >= 11 is 0. The second kappa shape index (κ2) is 41.1. The summed E-state index contributed by atoms with van der Waals surface area (Å²) in [5, 5.41) is 0. The molecule has 300 valence electrons. The van der Waals surface area contributed by atoms with Gasteiger partial charge < -0.3 is 14.2 Å². The number of hydrogen-bond donors (Lipinski definition) is 0. The molecule has 0 radical (unpaired) electrons. The van der Waals surface area contributed by atoms with E-state index in [4.69, 9.17) is 14.2 Å². The van der Waals surface area contributed by atoms with Gasteiger partial charge in [-0.05, 0) is 77.0 Å². The van der Waals surface area contributed by atoms with Crippen LogP contribution in [0.15, 0.2) is 48.6 Å². The largest absolute Gasteiger partial charge is 0.462 e. The molecule has 1 atom stereocenters. The molecule has 0 bridgehead atoms. The molecule has 0 aliphatic carbocycles. The van der Waals surface area contributed by atoms with Crippen LogP contribution in [0.3, 0.4) is 0 Å². The van der Waals surface area contributed by atoms with Gasteiger partial charge in [-0.2, -0.15) is 0 Å². The second-order valence-corrected chi connectivity index (χ2v) is 14.2. The van der Waals surface area contributed by atoms with Gasteiger partial charge in [-0.3, -0.25) is 14.4 Å². The second-order valence-electron chi connectivity index (χ2n) is 14.2. The molecule has 6 nitrogen and oxygen atoms in total. The van der Waals surface area contributed by atoms with Gasteiger partial charge in [0.15, 0.2) is 6.10 Å². The van der Waals surface area contributed by atoms with E-state index in [0.29, 0.717) is 19.3 Å². The predicted octanol–water partition coefficient (Wildman–Crippen LogP) is 13.6. The highest BCUT2D eigenvalue weighted by Crippen LogP contribution is 2.13. The fraction of sp³-hybridized carbons (Fsp3) is 0.761. The third-order valence-corrected chi connectivity index (χ3v) is 9.07. The topological polar surface area (TPSA) is 78.9 Å². The normalized spacial score (nSPS) is 12.4. The Morgan fingerprint density at radius 2 is 0.750 bits per heavy atom. The molecule has 0 aliphatic heterocycles. The first-order valence-electron chi connectivity index (χ1n) is 21.6. The smallest absolute Gasteiger partial charge is 0.306 e. The van der Waals surface area contributed by atoms with Crippen molar-refractivity contribution in [3.63, 3.8) is 0 Å². The molecule has 0 fully saturated rings. The van der Waals surface area contributed by atoms with E-state index in [0.717, 1.165) is 96.3 Å². The van der Waals surface area contributed by atoms with E-state index < -0.39 is 6.10 Å². The molecule has 52 heavy (non-hydrogen) atoms. The molecule has 0 spiro atoms. The molecular weight excluding hydrogens is 648 g/mol. The van der Waals surface area contributed by atoms with Gasteiger partial charge in [0.2, 0.25) is 0 Å². The van der Waals surface area contributed by atoms with Crippen LogP contribution in [-0.4, -0.2) is 37.2 Å². The lowest BCUT2D eigenvalue weighted by Gasteiger charge is -2.18. The lowest BCUT2D eigenvalue weighted by Crippen LogP contribution is -2.30. The van der Waals surface area contributed by atoms with Crippen molar-refractivity contribution in [3.8, 4) is 0 Å². The number of allylic oxidation sites excluding steroid dienone is 8. The van der Waals surface area contributed by atoms with E-state index in [1.165, 1.54) is 70.6 Å². The Morgan fingerprint density at radius 3 is 1.25 bits per heavy atom. The van der Waals surface area contributed by atoms with Crippen molar-refractivity contribution < 1.29 is 28.6 Å². The van der Waals surface area contributed by atoms with Crippen LogP contribution in [0, 0.1) is 0 Å². The Kier molecular flexibility index (Phi) is 39.1. The van der Waals surface area contributed by atoms with Crippen molar-refractivity contribution in [2.24, 2.45) is 0 Å². The van der Waals surface area contributed by atoms with E-state index in [1.54, 1.807) is 0 Å². The third-order valence-electron chi connectivity index (χ3n) is 9.07. The molecule has 0 rings (SSSR count). The first kappa shape index (κ1) is 49.4. The van der Waals surface area contributed by atoms with Gasteiger partial charge in [-0.15, -0.1) is 0 Å². The Morgan fingerprint density at radius 1 is 0.404 bits per heavy atom. The monoisotopic (exact) mass is 729 g/mol. The highest BCUT2D eigenvalue weighted by molar-refractivity contribution is 5.71. The van der Waals surface area contributed by atoms with Crippen LogP contribution in [0.2, 0.25) is 0 Å². The van der Waals surface area contributed by atoms with Gasteiger partial charge in [0, 0.05) is 19.3 Å². The van der Waals surface area contributed by atoms with Crippen molar-refractivity contribution in [1.29, 1.82) is 0 Å². The molecule has 0 aliphatic rings. The quantitative estimate of drug-likeness (QED) is 0.0272. The van der Waals surface area contributed by atoms with Crippen LogP contribution < -0.4 is 0 Å². The Bertz CT molecular complexity index is 933. The summed E-state index contributed by atoms with van der Waals surface area (Å²) in [5.74, 6) is -0.932. The van der Waals surface area contributed by atoms with E-state index in [1.807, 2.05) is 0 Å². The fourth-order valence-corrected chi connectivity index (χ4v) is 5.80. The number of rotatable bonds is 38. The van der Waals surface area contributed by atoms with Crippen LogP contribution in [0.4, 0.5) is 0 Å². The average molecular weight is 729 g/mol. The Labute approximate surface area is 320 Å². The van der Waals surface area contributed by atoms with Crippen LogP contribution in [-0.2, 0) is 28.6 Å². The highest BCUT2D eigenvalue weighted by Gasteiger charge is 2.19. The summed E-state index contributed by atoms with van der Waals surface area (Å²) in [6.07, 6.45) is 46.6. The number of carbonyl (C=O) groups is 3. The molecule has 0 heterocycles. The van der Waals surface area contributed by atoms with Crippen molar-refractivity contribution in [2.45, 2.75) is 213 Å². The Hall–Kier alpha value is -2.63. The minimum absolute atomic E-state index is 0.0851. The number of ether oxygens (including phenoxy) is 3. The zero-order chi connectivity index (χ0) is 38.0. The van der Waals surface area contributed by atoms with E-state index in [-0.39, 0.29) is 31.1 Å². The predicted molar refractivity (Wildman–Crippen MR) is 219 cm³/mol. The molecule has 0 saturated heterocycles. The minimum Gasteiger partial charge on any atom is -0.462 e. The molecular formula is C46H80O6. The summed E-state index contributed by atoms with van der Waals surface area (Å²) in [4.78, 5) is 37.6. The molecule has 0 aromatic rings. The molecule has 6 heteroatoms. The number of esters is 3. The summed E-state index contributed by atoms with van der Waals surface area (Å²) in [5.41, 5.74) is 0. The van der Waals surface area contributed by atoms with Gasteiger partial charge in [0.25, 0.3) is 0 Å². The van der Waals surface area contributed by atoms with Gasteiger partial charge in [0.05, 0.1) is 0 Å². The highest BCUT2D eigenvalue weighted by atomic mass is 16.6. The number of unbranched alkanes of at least 4 members (excludes halogenated alkanes) is 19. The molecule has 0 amide bonds. The Balaban J connectivity index is 4.43. The molecule has 0 aromatic carbocycles. The third kappa shape index (κ3) is 38.6. The summed E-state index contributed by atoms with van der Waals surface area (Å²) in [7, 11) is 0. The van der Waals surface area contributed by atoms with Crippen LogP contribution in [0.1, 0.15) is 207 Å². The lowest BCUT2D eigenvalue weighted by molar-refractivity contribution is -0.167. The fourth-order valence-electron chi connectivity index (χ4n) is 5.80. The first-order valence-corrected chi connectivity index (χ1v) is 21.6. The minimum atomic E-state index is -0.783. The van der Waals surface area contributed by atoms with Crippen molar-refractivity contribution in [1.82, 2.24) is 0 Å². The van der Waals surface area contributed by atoms with Gasteiger partial charge in [-0.1, -0.05) is 159 Å². The maximum Gasteiger partial charge on any atom is 0.306 e. The number of hydrogen-bond acceptors (Lipinski definition) is 6. The molecule has 0 aromatic heterocycles. The van der Waals surface area contributed by atoms with Crippen molar-refractivity contribution in [2.75, 3.05) is 13.2 Å². The molecule has 1 unspecified atom stereocenters. The lowest BCUT2D eigenvalue weighted by atomic mass is 10.1. The first-order chi connectivity index (χ1) is 25.5. The van der Waals surface area contributed by atoms with Crippen molar-refractivity contribution in [3.05, 3.63) is 48.6 Å². The van der Waals surface area contributed by atoms with Crippen molar-refractivity contribution >= 4 is 17.9 Å².